The zero-order chi connectivity index (χ0) is 19.5. The molecule has 6 nitrogen and oxygen atoms in total. The topological polar surface area (TPSA) is 80.4 Å². The highest BCUT2D eigenvalue weighted by Gasteiger charge is 2.14. The maximum absolute atomic E-state index is 12.4. The maximum Gasteiger partial charge on any atom is 0.261 e. The maximum atomic E-state index is 12.4. The van der Waals surface area contributed by atoms with Gasteiger partial charge >= 0.3 is 0 Å². The molecule has 0 atom stereocenters. The summed E-state index contributed by atoms with van der Waals surface area (Å²) in [6.07, 6.45) is 0. The number of aromatic nitrogens is 1. The standard InChI is InChI=1S/C21H17ClN2O4/c22-16-4-2-1-3-14(16)17-7-6-15(21(26)24-17)20(25)23-12-13-5-8-18-19(11-13)28-10-9-27-18/h1-8,11H,9-10,12H2,(H,23,25)(H,24,26). The van der Waals surface area contributed by atoms with E-state index in [1.165, 1.54) is 6.07 Å². The molecule has 0 fully saturated rings. The van der Waals surface area contributed by atoms with Crippen molar-refractivity contribution in [3.8, 4) is 22.8 Å². The van der Waals surface area contributed by atoms with Crippen LogP contribution in [0.15, 0.2) is 59.4 Å². The van der Waals surface area contributed by atoms with E-state index < -0.39 is 11.5 Å². The van der Waals surface area contributed by atoms with Gasteiger partial charge in [-0.2, -0.15) is 0 Å². The number of amides is 1. The molecule has 0 saturated carbocycles. The molecule has 1 aliphatic rings. The lowest BCUT2D eigenvalue weighted by molar-refractivity contribution is 0.0949. The predicted molar refractivity (Wildman–Crippen MR) is 106 cm³/mol. The average Bonchev–Trinajstić information content (AvgIpc) is 2.72. The van der Waals surface area contributed by atoms with Crippen LogP contribution in [0.2, 0.25) is 5.02 Å². The Kier molecular flexibility index (Phi) is 5.04. The Morgan fingerprint density at radius 3 is 2.61 bits per heavy atom. The number of carbonyl (C=O) groups excluding carboxylic acids is 1. The van der Waals surface area contributed by atoms with Crippen molar-refractivity contribution in [3.05, 3.63) is 81.1 Å². The van der Waals surface area contributed by atoms with Crippen molar-refractivity contribution in [2.24, 2.45) is 0 Å². The number of H-pyrrole nitrogens is 1. The number of halogens is 1. The lowest BCUT2D eigenvalue weighted by atomic mass is 10.1. The van der Waals surface area contributed by atoms with Crippen LogP contribution in [0, 0.1) is 0 Å². The molecule has 7 heteroatoms. The van der Waals surface area contributed by atoms with E-state index in [-0.39, 0.29) is 12.1 Å². The van der Waals surface area contributed by atoms with Gasteiger partial charge in [-0.15, -0.1) is 0 Å². The molecule has 1 amide bonds. The Labute approximate surface area is 166 Å². The molecular weight excluding hydrogens is 380 g/mol. The first-order valence-electron chi connectivity index (χ1n) is 8.77. The van der Waals surface area contributed by atoms with Crippen molar-refractivity contribution < 1.29 is 14.3 Å². The number of hydrogen-bond donors (Lipinski definition) is 2. The van der Waals surface area contributed by atoms with Gasteiger partial charge in [0, 0.05) is 22.8 Å². The van der Waals surface area contributed by atoms with Crippen LogP contribution in [-0.2, 0) is 6.54 Å². The highest BCUT2D eigenvalue weighted by atomic mass is 35.5. The molecule has 0 aliphatic carbocycles. The van der Waals surface area contributed by atoms with Crippen LogP contribution in [-0.4, -0.2) is 24.1 Å². The summed E-state index contributed by atoms with van der Waals surface area (Å²) >= 11 is 6.16. The van der Waals surface area contributed by atoms with Crippen LogP contribution in [0.3, 0.4) is 0 Å². The lowest BCUT2D eigenvalue weighted by Crippen LogP contribution is -2.29. The summed E-state index contributed by atoms with van der Waals surface area (Å²) in [5.41, 5.74) is 1.66. The van der Waals surface area contributed by atoms with E-state index in [0.717, 1.165) is 5.56 Å². The Balaban J connectivity index is 1.48. The van der Waals surface area contributed by atoms with E-state index in [1.807, 2.05) is 24.3 Å². The number of ether oxygens (including phenoxy) is 2. The molecule has 0 spiro atoms. The molecule has 0 radical (unpaired) electrons. The van der Waals surface area contributed by atoms with Crippen molar-refractivity contribution in [1.82, 2.24) is 10.3 Å². The second-order valence-corrected chi connectivity index (χ2v) is 6.66. The smallest absolute Gasteiger partial charge is 0.261 e. The van der Waals surface area contributed by atoms with Crippen molar-refractivity contribution in [2.75, 3.05) is 13.2 Å². The van der Waals surface area contributed by atoms with Crippen LogP contribution < -0.4 is 20.3 Å². The highest BCUT2D eigenvalue weighted by Crippen LogP contribution is 2.30. The Morgan fingerprint density at radius 1 is 1.04 bits per heavy atom. The summed E-state index contributed by atoms with van der Waals surface area (Å²) < 4.78 is 11.0. The van der Waals surface area contributed by atoms with Crippen LogP contribution in [0.5, 0.6) is 11.5 Å². The van der Waals surface area contributed by atoms with Crippen LogP contribution >= 0.6 is 11.6 Å². The number of aromatic amines is 1. The summed E-state index contributed by atoms with van der Waals surface area (Å²) in [6.45, 7) is 1.28. The number of pyridine rings is 1. The van der Waals surface area contributed by atoms with E-state index in [9.17, 15) is 9.59 Å². The fourth-order valence-electron chi connectivity index (χ4n) is 2.96. The number of fused-ring (bicyclic) bond motifs is 1. The first kappa shape index (κ1) is 18.1. The summed E-state index contributed by atoms with van der Waals surface area (Å²) in [5.74, 6) is 0.884. The normalized spacial score (nSPS) is 12.5. The molecule has 0 saturated heterocycles. The molecule has 0 bridgehead atoms. The number of rotatable bonds is 4. The molecule has 2 heterocycles. The van der Waals surface area contributed by atoms with Gasteiger partial charge in [-0.1, -0.05) is 35.9 Å². The minimum atomic E-state index is -0.475. The van der Waals surface area contributed by atoms with Crippen molar-refractivity contribution in [3.63, 3.8) is 0 Å². The Hall–Kier alpha value is -3.25. The van der Waals surface area contributed by atoms with Gasteiger partial charge in [-0.05, 0) is 35.9 Å². The van der Waals surface area contributed by atoms with E-state index in [0.29, 0.717) is 41.0 Å². The molecular formula is C21H17ClN2O4. The summed E-state index contributed by atoms with van der Waals surface area (Å²) in [4.78, 5) is 27.5. The van der Waals surface area contributed by atoms with Crippen molar-refractivity contribution in [1.29, 1.82) is 0 Å². The minimum Gasteiger partial charge on any atom is -0.486 e. The molecule has 2 aromatic carbocycles. The molecule has 28 heavy (non-hydrogen) atoms. The number of carbonyl (C=O) groups is 1. The SMILES string of the molecule is O=C(NCc1ccc2c(c1)OCCO2)c1ccc(-c2ccccc2Cl)[nH]c1=O. The minimum absolute atomic E-state index is 0.0355. The zero-order valence-corrected chi connectivity index (χ0v) is 15.6. The zero-order valence-electron chi connectivity index (χ0n) is 14.8. The predicted octanol–water partition coefficient (Wildman–Crippen LogP) is 3.40. The van der Waals surface area contributed by atoms with Gasteiger partial charge in [0.1, 0.15) is 18.8 Å². The summed E-state index contributed by atoms with van der Waals surface area (Å²) in [6, 6.07) is 15.8. The molecule has 142 valence electrons. The Bertz CT molecular complexity index is 1090. The van der Waals surface area contributed by atoms with Gasteiger partial charge in [-0.3, -0.25) is 9.59 Å². The summed E-state index contributed by atoms with van der Waals surface area (Å²) in [5, 5.41) is 3.27. The molecule has 1 aromatic heterocycles. The van der Waals surface area contributed by atoms with Gasteiger partial charge < -0.3 is 19.8 Å². The monoisotopic (exact) mass is 396 g/mol. The number of benzene rings is 2. The average molecular weight is 397 g/mol. The third-order valence-electron chi connectivity index (χ3n) is 4.38. The van der Waals surface area contributed by atoms with Gasteiger partial charge in [-0.25, -0.2) is 0 Å². The van der Waals surface area contributed by atoms with Gasteiger partial charge in [0.05, 0.1) is 0 Å². The largest absolute Gasteiger partial charge is 0.486 e. The van der Waals surface area contributed by atoms with Gasteiger partial charge in [0.25, 0.3) is 11.5 Å². The molecule has 2 N–H and O–H groups in total. The van der Waals surface area contributed by atoms with E-state index in [1.54, 1.807) is 24.3 Å². The first-order valence-corrected chi connectivity index (χ1v) is 9.14. The first-order chi connectivity index (χ1) is 13.6. The van der Waals surface area contributed by atoms with Gasteiger partial charge in [0.15, 0.2) is 11.5 Å². The van der Waals surface area contributed by atoms with E-state index >= 15 is 0 Å². The second-order valence-electron chi connectivity index (χ2n) is 6.26. The molecule has 1 aliphatic heterocycles. The highest BCUT2D eigenvalue weighted by molar-refractivity contribution is 6.33. The lowest BCUT2D eigenvalue weighted by Gasteiger charge is -2.19. The number of nitrogens with one attached hydrogen (secondary N) is 2. The molecule has 0 unspecified atom stereocenters. The van der Waals surface area contributed by atoms with E-state index in [4.69, 9.17) is 21.1 Å². The number of hydrogen-bond acceptors (Lipinski definition) is 4. The Morgan fingerprint density at radius 2 is 1.82 bits per heavy atom. The fraction of sp³-hybridized carbons (Fsp3) is 0.143. The molecule has 3 aromatic rings. The van der Waals surface area contributed by atoms with Gasteiger partial charge in [0.2, 0.25) is 0 Å². The third kappa shape index (κ3) is 3.73. The van der Waals surface area contributed by atoms with Crippen LogP contribution in [0.4, 0.5) is 0 Å². The van der Waals surface area contributed by atoms with E-state index in [2.05, 4.69) is 10.3 Å². The van der Waals surface area contributed by atoms with Crippen LogP contribution in [0.25, 0.3) is 11.3 Å². The summed E-state index contributed by atoms with van der Waals surface area (Å²) in [7, 11) is 0. The fourth-order valence-corrected chi connectivity index (χ4v) is 3.20. The molecule has 4 rings (SSSR count). The quantitative estimate of drug-likeness (QED) is 0.708. The second kappa shape index (κ2) is 7.78. The third-order valence-corrected chi connectivity index (χ3v) is 4.71. The van der Waals surface area contributed by atoms with Crippen molar-refractivity contribution >= 4 is 17.5 Å². The van der Waals surface area contributed by atoms with Crippen molar-refractivity contribution in [2.45, 2.75) is 6.54 Å². The van der Waals surface area contributed by atoms with Crippen LogP contribution in [0.1, 0.15) is 15.9 Å².